The molecule has 25 heavy (non-hydrogen) atoms. The van der Waals surface area contributed by atoms with Gasteiger partial charge in [-0.05, 0) is 62.3 Å². The smallest absolute Gasteiger partial charge is 0.170 e. The number of nitrogens with zero attached hydrogens (tertiary/aromatic N) is 2. The van der Waals surface area contributed by atoms with Crippen LogP contribution in [0.4, 0.5) is 0 Å². The molecule has 1 fully saturated rings. The molecular formula is C21H26N2O2. The van der Waals surface area contributed by atoms with Crippen molar-refractivity contribution < 1.29 is 9.53 Å². The third kappa shape index (κ3) is 4.65. The highest BCUT2D eigenvalue weighted by Gasteiger charge is 2.15. The largest absolute Gasteiger partial charge is 0.490 e. The summed E-state index contributed by atoms with van der Waals surface area (Å²) in [7, 11) is 0. The highest BCUT2D eigenvalue weighted by atomic mass is 16.5. The minimum absolute atomic E-state index is 0.351. The molecule has 4 heteroatoms. The van der Waals surface area contributed by atoms with E-state index in [1.54, 1.807) is 0 Å². The molecule has 0 spiro atoms. The molecule has 0 saturated heterocycles. The Labute approximate surface area is 149 Å². The van der Waals surface area contributed by atoms with Crippen LogP contribution in [0.2, 0.25) is 0 Å². The van der Waals surface area contributed by atoms with Gasteiger partial charge in [-0.3, -0.25) is 4.79 Å². The Bertz CT molecular complexity index is 692. The molecule has 1 heterocycles. The number of rotatable bonds is 7. The van der Waals surface area contributed by atoms with E-state index in [2.05, 4.69) is 29.3 Å². The van der Waals surface area contributed by atoms with E-state index in [1.807, 2.05) is 18.2 Å². The van der Waals surface area contributed by atoms with Gasteiger partial charge in [-0.25, -0.2) is 0 Å². The van der Waals surface area contributed by atoms with Gasteiger partial charge in [-0.2, -0.15) is 5.10 Å². The highest BCUT2D eigenvalue weighted by Crippen LogP contribution is 2.28. The minimum atomic E-state index is 0.351. The van der Waals surface area contributed by atoms with Crippen molar-refractivity contribution in [1.82, 2.24) is 10.2 Å². The van der Waals surface area contributed by atoms with Gasteiger partial charge in [0.2, 0.25) is 0 Å². The summed E-state index contributed by atoms with van der Waals surface area (Å²) in [4.78, 5) is 11.1. The number of aldehydes is 1. The van der Waals surface area contributed by atoms with E-state index < -0.39 is 0 Å². The number of unbranched alkanes of at least 4 members (excludes halogenated alkanes) is 1. The molecule has 132 valence electrons. The molecule has 0 unspecified atom stereocenters. The lowest BCUT2D eigenvalue weighted by atomic mass is 9.97. The summed E-state index contributed by atoms with van der Waals surface area (Å²) in [6.07, 6.45) is 10.3. The molecular weight excluding hydrogens is 312 g/mol. The van der Waals surface area contributed by atoms with Crippen molar-refractivity contribution >= 4 is 6.29 Å². The maximum Gasteiger partial charge on any atom is 0.170 e. The van der Waals surface area contributed by atoms with E-state index in [0.29, 0.717) is 11.8 Å². The first-order valence-electron chi connectivity index (χ1n) is 9.39. The Morgan fingerprint density at radius 2 is 1.88 bits per heavy atom. The summed E-state index contributed by atoms with van der Waals surface area (Å²) in [6.45, 7) is 2.16. The summed E-state index contributed by atoms with van der Waals surface area (Å²) in [6, 6.07) is 9.99. The van der Waals surface area contributed by atoms with Crippen LogP contribution in [0.15, 0.2) is 30.3 Å². The topological polar surface area (TPSA) is 52.1 Å². The van der Waals surface area contributed by atoms with E-state index in [1.165, 1.54) is 19.3 Å². The molecule has 0 aliphatic heterocycles. The zero-order chi connectivity index (χ0) is 17.5. The Kier molecular flexibility index (Phi) is 6.15. The summed E-state index contributed by atoms with van der Waals surface area (Å²) >= 11 is 0. The number of carbonyl (C=O) groups is 1. The normalized spacial score (nSPS) is 15.1. The lowest BCUT2D eigenvalue weighted by molar-refractivity contribution is 0.111. The van der Waals surface area contributed by atoms with Crippen LogP contribution in [0.25, 0.3) is 11.1 Å². The zero-order valence-electron chi connectivity index (χ0n) is 14.9. The fourth-order valence-electron chi connectivity index (χ4n) is 3.36. The number of carbonyl (C=O) groups excluding carboxylic acids is 1. The van der Waals surface area contributed by atoms with Crippen LogP contribution in [0, 0.1) is 0 Å². The van der Waals surface area contributed by atoms with Gasteiger partial charge in [-0.15, -0.1) is 5.10 Å². The number of benzene rings is 1. The van der Waals surface area contributed by atoms with Gasteiger partial charge in [0, 0.05) is 5.56 Å². The van der Waals surface area contributed by atoms with Crippen molar-refractivity contribution in [3.8, 4) is 16.9 Å². The maximum absolute atomic E-state index is 11.1. The van der Waals surface area contributed by atoms with E-state index in [4.69, 9.17) is 4.74 Å². The van der Waals surface area contributed by atoms with Gasteiger partial charge < -0.3 is 4.74 Å². The zero-order valence-corrected chi connectivity index (χ0v) is 14.9. The highest BCUT2D eigenvalue weighted by molar-refractivity contribution is 5.76. The van der Waals surface area contributed by atoms with Gasteiger partial charge in [-0.1, -0.05) is 31.9 Å². The molecule has 0 atom stereocenters. The Morgan fingerprint density at radius 3 is 2.56 bits per heavy atom. The van der Waals surface area contributed by atoms with Crippen molar-refractivity contribution in [3.63, 3.8) is 0 Å². The van der Waals surface area contributed by atoms with Crippen LogP contribution in [0.3, 0.4) is 0 Å². The van der Waals surface area contributed by atoms with Gasteiger partial charge >= 0.3 is 0 Å². The first-order valence-corrected chi connectivity index (χ1v) is 9.39. The average Bonchev–Trinajstić information content (AvgIpc) is 2.68. The molecule has 4 nitrogen and oxygen atoms in total. The van der Waals surface area contributed by atoms with Crippen LogP contribution in [-0.4, -0.2) is 22.6 Å². The summed E-state index contributed by atoms with van der Waals surface area (Å²) in [5, 5.41) is 8.26. The van der Waals surface area contributed by atoms with Crippen molar-refractivity contribution in [3.05, 3.63) is 41.7 Å². The van der Waals surface area contributed by atoms with Crippen molar-refractivity contribution in [2.75, 3.05) is 0 Å². The van der Waals surface area contributed by atoms with E-state index in [0.717, 1.165) is 61.0 Å². The van der Waals surface area contributed by atoms with Crippen LogP contribution in [-0.2, 0) is 6.42 Å². The van der Waals surface area contributed by atoms with Gasteiger partial charge in [0.25, 0.3) is 0 Å². The third-order valence-electron chi connectivity index (χ3n) is 4.80. The predicted molar refractivity (Wildman–Crippen MR) is 99.0 cm³/mol. The SMILES string of the molecule is CCCCc1nnc(C=O)cc1-c1ccc(OC2CCCCC2)cc1. The molecule has 1 saturated carbocycles. The maximum atomic E-state index is 11.1. The van der Waals surface area contributed by atoms with Crippen LogP contribution in [0.5, 0.6) is 5.75 Å². The first kappa shape index (κ1) is 17.6. The molecule has 0 N–H and O–H groups in total. The molecule has 1 aliphatic carbocycles. The van der Waals surface area contributed by atoms with E-state index in [-0.39, 0.29) is 0 Å². The molecule has 2 aromatic rings. The fraction of sp³-hybridized carbons (Fsp3) is 0.476. The predicted octanol–water partition coefficient (Wildman–Crippen LogP) is 5.01. The minimum Gasteiger partial charge on any atom is -0.490 e. The summed E-state index contributed by atoms with van der Waals surface area (Å²) in [5.74, 6) is 0.920. The standard InChI is InChI=1S/C21H26N2O2/c1-2-3-9-21-20(14-17(15-24)22-23-21)16-10-12-19(13-11-16)25-18-7-5-4-6-8-18/h10-15,18H,2-9H2,1H3. The van der Waals surface area contributed by atoms with E-state index >= 15 is 0 Å². The van der Waals surface area contributed by atoms with Gasteiger partial charge in [0.05, 0.1) is 11.8 Å². The molecule has 0 bridgehead atoms. The second kappa shape index (κ2) is 8.75. The van der Waals surface area contributed by atoms with Crippen LogP contribution >= 0.6 is 0 Å². The Morgan fingerprint density at radius 1 is 1.12 bits per heavy atom. The Balaban J connectivity index is 1.79. The van der Waals surface area contributed by atoms with Crippen molar-refractivity contribution in [1.29, 1.82) is 0 Å². The average molecular weight is 338 g/mol. The number of ether oxygens (including phenoxy) is 1. The molecule has 1 aliphatic rings. The molecule has 0 radical (unpaired) electrons. The lowest BCUT2D eigenvalue weighted by Gasteiger charge is -2.23. The van der Waals surface area contributed by atoms with Crippen molar-refractivity contribution in [2.24, 2.45) is 0 Å². The van der Waals surface area contributed by atoms with E-state index in [9.17, 15) is 4.79 Å². The number of hydrogen-bond donors (Lipinski definition) is 0. The molecule has 0 amide bonds. The number of hydrogen-bond acceptors (Lipinski definition) is 4. The lowest BCUT2D eigenvalue weighted by Crippen LogP contribution is -2.19. The monoisotopic (exact) mass is 338 g/mol. The van der Waals surface area contributed by atoms with Crippen molar-refractivity contribution in [2.45, 2.75) is 64.4 Å². The third-order valence-corrected chi connectivity index (χ3v) is 4.80. The summed E-state index contributed by atoms with van der Waals surface area (Å²) in [5.41, 5.74) is 3.38. The number of aromatic nitrogens is 2. The molecule has 3 rings (SSSR count). The summed E-state index contributed by atoms with van der Waals surface area (Å²) < 4.78 is 6.10. The Hall–Kier alpha value is -2.23. The van der Waals surface area contributed by atoms with Crippen LogP contribution < -0.4 is 4.74 Å². The first-order chi connectivity index (χ1) is 12.3. The molecule has 1 aromatic carbocycles. The second-order valence-electron chi connectivity index (χ2n) is 6.75. The molecule has 1 aromatic heterocycles. The fourth-order valence-corrected chi connectivity index (χ4v) is 3.36. The van der Waals surface area contributed by atoms with Crippen LogP contribution in [0.1, 0.15) is 68.1 Å². The second-order valence-corrected chi connectivity index (χ2v) is 6.75. The number of aryl methyl sites for hydroxylation is 1. The van der Waals surface area contributed by atoms with Gasteiger partial charge in [0.1, 0.15) is 11.4 Å². The quantitative estimate of drug-likeness (QED) is 0.666. The van der Waals surface area contributed by atoms with Gasteiger partial charge in [0.15, 0.2) is 6.29 Å².